The second-order valence-corrected chi connectivity index (χ2v) is 10.8. The number of halogens is 1. The van der Waals surface area contributed by atoms with Gasteiger partial charge in [0.1, 0.15) is 5.82 Å². The number of hydrogen-bond donors (Lipinski definition) is 2. The number of anilines is 1. The highest BCUT2D eigenvalue weighted by molar-refractivity contribution is 7.99. The molecule has 0 spiro atoms. The molecule has 9 nitrogen and oxygen atoms in total. The van der Waals surface area contributed by atoms with Crippen LogP contribution in [0.3, 0.4) is 0 Å². The number of hydrogen-bond acceptors (Lipinski definition) is 7. The molecule has 0 aliphatic carbocycles. The van der Waals surface area contributed by atoms with E-state index in [1.54, 1.807) is 18.2 Å². The van der Waals surface area contributed by atoms with Crippen molar-refractivity contribution in [2.45, 2.75) is 42.3 Å². The lowest BCUT2D eigenvalue weighted by atomic mass is 10.1. The largest absolute Gasteiger partial charge is 0.325 e. The number of thioether (sulfide) groups is 1. The fraction of sp³-hybridized carbons (Fsp3) is 0.348. The first-order valence-corrected chi connectivity index (χ1v) is 13.8. The molecule has 3 N–H and O–H groups in total. The molecule has 4 rings (SSSR count). The molecule has 3 aromatic rings. The third kappa shape index (κ3) is 6.26. The van der Waals surface area contributed by atoms with Crippen LogP contribution in [0.2, 0.25) is 0 Å². The minimum absolute atomic E-state index is 0.00280. The van der Waals surface area contributed by atoms with Crippen LogP contribution in [-0.4, -0.2) is 52.8 Å². The Labute approximate surface area is 208 Å². The van der Waals surface area contributed by atoms with Crippen molar-refractivity contribution in [1.82, 2.24) is 19.7 Å². The van der Waals surface area contributed by atoms with Crippen LogP contribution in [0.25, 0.3) is 5.69 Å². The third-order valence-electron chi connectivity index (χ3n) is 5.83. The fourth-order valence-electron chi connectivity index (χ4n) is 4.03. The second-order valence-electron chi connectivity index (χ2n) is 8.33. The van der Waals surface area contributed by atoms with E-state index in [9.17, 15) is 17.6 Å². The SMILES string of the molecule is CC(c1nnc(SCC(=O)Nc2cccc(S(N)(=O)=O)c2)n1-c1ccc(F)cc1)N1CCCCC1. The standard InChI is InChI=1S/C23H27FN6O3S2/c1-16(29-12-3-2-4-13-29)22-27-28-23(30(22)19-10-8-17(24)9-11-19)34-15-21(31)26-18-6-5-7-20(14-18)35(25,32)33/h5-11,14,16H,2-4,12-13,15H2,1H3,(H,26,31)(H2,25,32,33). The quantitative estimate of drug-likeness (QED) is 0.439. The number of primary sulfonamides is 1. The van der Waals surface area contributed by atoms with Gasteiger partial charge >= 0.3 is 0 Å². The van der Waals surface area contributed by atoms with Gasteiger partial charge in [-0.05, 0) is 75.3 Å². The number of nitrogens with two attached hydrogens (primary N) is 1. The summed E-state index contributed by atoms with van der Waals surface area (Å²) in [5, 5.41) is 17.1. The summed E-state index contributed by atoms with van der Waals surface area (Å²) in [4.78, 5) is 14.9. The summed E-state index contributed by atoms with van der Waals surface area (Å²) in [5.74, 6) is 0.0442. The Morgan fingerprint density at radius 2 is 1.86 bits per heavy atom. The van der Waals surface area contributed by atoms with Crippen molar-refractivity contribution in [3.8, 4) is 5.69 Å². The Balaban J connectivity index is 1.53. The number of piperidine rings is 1. The van der Waals surface area contributed by atoms with Gasteiger partial charge in [-0.15, -0.1) is 10.2 Å². The molecule has 186 valence electrons. The number of likely N-dealkylation sites (tertiary alicyclic amines) is 1. The van der Waals surface area contributed by atoms with E-state index in [1.165, 1.54) is 48.5 Å². The van der Waals surface area contributed by atoms with Gasteiger partial charge < -0.3 is 5.32 Å². The molecule has 0 saturated carbocycles. The Kier molecular flexibility index (Phi) is 7.85. The molecule has 35 heavy (non-hydrogen) atoms. The minimum atomic E-state index is -3.88. The van der Waals surface area contributed by atoms with Gasteiger partial charge in [0.25, 0.3) is 0 Å². The van der Waals surface area contributed by atoms with E-state index >= 15 is 0 Å². The number of amides is 1. The van der Waals surface area contributed by atoms with Crippen LogP contribution < -0.4 is 10.5 Å². The molecule has 1 aliphatic rings. The van der Waals surface area contributed by atoms with Crippen molar-refractivity contribution < 1.29 is 17.6 Å². The first kappa shape index (κ1) is 25.3. The normalized spacial score (nSPS) is 15.6. The molecule has 1 fully saturated rings. The summed E-state index contributed by atoms with van der Waals surface area (Å²) >= 11 is 1.19. The van der Waals surface area contributed by atoms with Crippen LogP contribution >= 0.6 is 11.8 Å². The van der Waals surface area contributed by atoms with Crippen molar-refractivity contribution >= 4 is 33.4 Å². The van der Waals surface area contributed by atoms with Gasteiger partial charge in [-0.1, -0.05) is 24.2 Å². The highest BCUT2D eigenvalue weighted by Gasteiger charge is 2.26. The molecule has 1 amide bonds. The first-order chi connectivity index (χ1) is 16.7. The molecule has 1 unspecified atom stereocenters. The second kappa shape index (κ2) is 10.9. The molecule has 12 heteroatoms. The van der Waals surface area contributed by atoms with Crippen molar-refractivity contribution in [2.24, 2.45) is 5.14 Å². The van der Waals surface area contributed by atoms with Crippen LogP contribution in [-0.2, 0) is 14.8 Å². The summed E-state index contributed by atoms with van der Waals surface area (Å²) in [6.07, 6.45) is 3.47. The maximum absolute atomic E-state index is 13.6. The van der Waals surface area contributed by atoms with E-state index in [4.69, 9.17) is 5.14 Å². The lowest BCUT2D eigenvalue weighted by Gasteiger charge is -2.31. The average molecular weight is 519 g/mol. The Morgan fingerprint density at radius 3 is 2.54 bits per heavy atom. The van der Waals surface area contributed by atoms with Crippen LogP contribution in [0, 0.1) is 5.82 Å². The molecule has 1 saturated heterocycles. The molecule has 2 aromatic carbocycles. The van der Waals surface area contributed by atoms with E-state index in [0.29, 0.717) is 16.5 Å². The number of carbonyl (C=O) groups is 1. The molecule has 0 bridgehead atoms. The van der Waals surface area contributed by atoms with Crippen LogP contribution in [0.4, 0.5) is 10.1 Å². The number of aromatic nitrogens is 3. The van der Waals surface area contributed by atoms with Crippen LogP contribution in [0.5, 0.6) is 0 Å². The third-order valence-corrected chi connectivity index (χ3v) is 7.67. The molecule has 1 aliphatic heterocycles. The monoisotopic (exact) mass is 518 g/mol. The van der Waals surface area contributed by atoms with E-state index in [2.05, 4.69) is 27.3 Å². The van der Waals surface area contributed by atoms with Crippen molar-refractivity contribution in [3.63, 3.8) is 0 Å². The fourth-order valence-corrected chi connectivity index (χ4v) is 5.34. The van der Waals surface area contributed by atoms with Gasteiger partial charge in [0.15, 0.2) is 11.0 Å². The lowest BCUT2D eigenvalue weighted by Crippen LogP contribution is -2.33. The van der Waals surface area contributed by atoms with Gasteiger partial charge in [0.2, 0.25) is 15.9 Å². The van der Waals surface area contributed by atoms with Crippen molar-refractivity contribution in [1.29, 1.82) is 0 Å². The zero-order valence-corrected chi connectivity index (χ0v) is 20.9. The van der Waals surface area contributed by atoms with E-state index in [-0.39, 0.29) is 28.4 Å². The van der Waals surface area contributed by atoms with Gasteiger partial charge in [-0.25, -0.2) is 17.9 Å². The number of nitrogens with one attached hydrogen (secondary N) is 1. The van der Waals surface area contributed by atoms with E-state index < -0.39 is 10.0 Å². The summed E-state index contributed by atoms with van der Waals surface area (Å²) in [7, 11) is -3.88. The molecule has 1 aromatic heterocycles. The summed E-state index contributed by atoms with van der Waals surface area (Å²) < 4.78 is 38.6. The van der Waals surface area contributed by atoms with E-state index in [0.717, 1.165) is 31.8 Å². The number of nitrogens with zero attached hydrogens (tertiary/aromatic N) is 4. The van der Waals surface area contributed by atoms with Gasteiger partial charge in [-0.2, -0.15) is 0 Å². The van der Waals surface area contributed by atoms with Crippen LogP contribution in [0.1, 0.15) is 38.1 Å². The lowest BCUT2D eigenvalue weighted by molar-refractivity contribution is -0.113. The molecule has 2 heterocycles. The minimum Gasteiger partial charge on any atom is -0.325 e. The summed E-state index contributed by atoms with van der Waals surface area (Å²) in [5.41, 5.74) is 1.03. The topological polar surface area (TPSA) is 123 Å². The Bertz CT molecular complexity index is 1290. The smallest absolute Gasteiger partial charge is 0.238 e. The molecule has 0 radical (unpaired) electrons. The van der Waals surface area contributed by atoms with Gasteiger partial charge in [-0.3, -0.25) is 14.3 Å². The highest BCUT2D eigenvalue weighted by Crippen LogP contribution is 2.29. The van der Waals surface area contributed by atoms with Crippen molar-refractivity contribution in [2.75, 3.05) is 24.2 Å². The van der Waals surface area contributed by atoms with E-state index in [1.807, 2.05) is 4.57 Å². The molecular weight excluding hydrogens is 491 g/mol. The van der Waals surface area contributed by atoms with Crippen molar-refractivity contribution in [3.05, 3.63) is 60.2 Å². The summed E-state index contributed by atoms with van der Waals surface area (Å²) in [6, 6.07) is 11.8. The average Bonchev–Trinajstić information content (AvgIpc) is 3.27. The molecule has 1 atom stereocenters. The Morgan fingerprint density at radius 1 is 1.14 bits per heavy atom. The Hall–Kier alpha value is -2.80. The maximum Gasteiger partial charge on any atom is 0.238 e. The number of benzene rings is 2. The first-order valence-electron chi connectivity index (χ1n) is 11.2. The maximum atomic E-state index is 13.6. The number of rotatable bonds is 8. The zero-order chi connectivity index (χ0) is 25.0. The van der Waals surface area contributed by atoms with Crippen LogP contribution in [0.15, 0.2) is 58.6 Å². The highest BCUT2D eigenvalue weighted by atomic mass is 32.2. The number of sulfonamides is 1. The van der Waals surface area contributed by atoms with Gasteiger partial charge in [0.05, 0.1) is 16.7 Å². The number of carbonyl (C=O) groups excluding carboxylic acids is 1. The predicted octanol–water partition coefficient (Wildman–Crippen LogP) is 3.33. The predicted molar refractivity (Wildman–Crippen MR) is 132 cm³/mol. The molecular formula is C23H27FN6O3S2. The summed E-state index contributed by atoms with van der Waals surface area (Å²) in [6.45, 7) is 4.02. The van der Waals surface area contributed by atoms with Gasteiger partial charge in [0, 0.05) is 11.4 Å². The zero-order valence-electron chi connectivity index (χ0n) is 19.2.